The Kier molecular flexibility index (Phi) is 5.27. The van der Waals surface area contributed by atoms with Crippen LogP contribution in [0.3, 0.4) is 0 Å². The Balaban J connectivity index is 1.67. The van der Waals surface area contributed by atoms with Crippen molar-refractivity contribution in [2.45, 2.75) is 82.8 Å². The molecular weight excluding hydrogens is 304 g/mol. The average Bonchev–Trinajstić information content (AvgIpc) is 3.14. The normalized spacial score (nSPS) is 26.2. The summed E-state index contributed by atoms with van der Waals surface area (Å²) in [4.78, 5) is 27.0. The molecular formula is C19H28N2O3. The minimum absolute atomic E-state index is 0.00882. The molecule has 0 aromatic carbocycles. The molecule has 1 atom stereocenters. The van der Waals surface area contributed by atoms with E-state index in [1.54, 1.807) is 11.2 Å². The minimum atomic E-state index is -0.772. The maximum Gasteiger partial charge on any atom is 0.245 e. The van der Waals surface area contributed by atoms with Crippen molar-refractivity contribution in [3.05, 3.63) is 24.2 Å². The largest absolute Gasteiger partial charge is 0.467 e. The monoisotopic (exact) mass is 332 g/mol. The van der Waals surface area contributed by atoms with Crippen LogP contribution >= 0.6 is 0 Å². The van der Waals surface area contributed by atoms with E-state index in [0.717, 1.165) is 18.6 Å². The van der Waals surface area contributed by atoms with Crippen molar-refractivity contribution in [3.8, 4) is 0 Å². The number of amides is 2. The van der Waals surface area contributed by atoms with Gasteiger partial charge in [0, 0.05) is 12.5 Å². The SMILES string of the molecule is C[C@]1(C(=O)NC2CCCCCCC2)CCC(=O)N1Cc1ccco1. The van der Waals surface area contributed by atoms with Crippen LogP contribution < -0.4 is 5.32 Å². The van der Waals surface area contributed by atoms with Crippen LogP contribution in [0.15, 0.2) is 22.8 Å². The van der Waals surface area contributed by atoms with Crippen molar-refractivity contribution in [1.82, 2.24) is 10.2 Å². The summed E-state index contributed by atoms with van der Waals surface area (Å²) < 4.78 is 5.37. The quantitative estimate of drug-likeness (QED) is 0.919. The molecule has 3 rings (SSSR count). The summed E-state index contributed by atoms with van der Waals surface area (Å²) >= 11 is 0. The van der Waals surface area contributed by atoms with Gasteiger partial charge in [0.15, 0.2) is 0 Å². The van der Waals surface area contributed by atoms with E-state index < -0.39 is 5.54 Å². The first kappa shape index (κ1) is 17.1. The summed E-state index contributed by atoms with van der Waals surface area (Å²) in [6.45, 7) is 2.25. The van der Waals surface area contributed by atoms with Gasteiger partial charge in [-0.2, -0.15) is 0 Å². The smallest absolute Gasteiger partial charge is 0.245 e. The van der Waals surface area contributed by atoms with Crippen molar-refractivity contribution in [1.29, 1.82) is 0 Å². The summed E-state index contributed by atoms with van der Waals surface area (Å²) in [5.41, 5.74) is -0.772. The van der Waals surface area contributed by atoms with Crippen LogP contribution in [-0.2, 0) is 16.1 Å². The topological polar surface area (TPSA) is 62.6 Å². The number of nitrogens with one attached hydrogen (secondary N) is 1. The van der Waals surface area contributed by atoms with Crippen LogP contribution in [0.1, 0.15) is 70.5 Å². The molecule has 5 nitrogen and oxygen atoms in total. The van der Waals surface area contributed by atoms with E-state index in [9.17, 15) is 9.59 Å². The molecule has 2 amide bonds. The van der Waals surface area contributed by atoms with Gasteiger partial charge in [0.2, 0.25) is 11.8 Å². The van der Waals surface area contributed by atoms with E-state index in [1.807, 2.05) is 19.1 Å². The third kappa shape index (κ3) is 3.65. The van der Waals surface area contributed by atoms with Gasteiger partial charge < -0.3 is 14.6 Å². The van der Waals surface area contributed by atoms with Crippen LogP contribution in [0.4, 0.5) is 0 Å². The number of nitrogens with zero attached hydrogens (tertiary/aromatic N) is 1. The molecule has 132 valence electrons. The molecule has 2 aliphatic rings. The maximum absolute atomic E-state index is 13.0. The fourth-order valence-corrected chi connectivity index (χ4v) is 3.89. The zero-order valence-electron chi connectivity index (χ0n) is 14.6. The molecule has 0 bridgehead atoms. The van der Waals surface area contributed by atoms with Crippen molar-refractivity contribution in [2.75, 3.05) is 0 Å². The number of hydrogen-bond acceptors (Lipinski definition) is 3. The zero-order chi connectivity index (χ0) is 17.0. The number of carbonyl (C=O) groups is 2. The van der Waals surface area contributed by atoms with Crippen LogP contribution in [0.2, 0.25) is 0 Å². The van der Waals surface area contributed by atoms with Crippen molar-refractivity contribution >= 4 is 11.8 Å². The fraction of sp³-hybridized carbons (Fsp3) is 0.684. The van der Waals surface area contributed by atoms with E-state index in [-0.39, 0.29) is 17.9 Å². The molecule has 1 aromatic rings. The Morgan fingerprint density at radius 1 is 1.29 bits per heavy atom. The minimum Gasteiger partial charge on any atom is -0.467 e. The second-order valence-electron chi connectivity index (χ2n) is 7.35. The number of likely N-dealkylation sites (tertiary alicyclic amines) is 1. The Morgan fingerprint density at radius 2 is 2.00 bits per heavy atom. The molecule has 2 heterocycles. The third-order valence-electron chi connectivity index (χ3n) is 5.55. The summed E-state index contributed by atoms with van der Waals surface area (Å²) in [6, 6.07) is 3.90. The Bertz CT molecular complexity index is 561. The highest BCUT2D eigenvalue weighted by Crippen LogP contribution is 2.32. The van der Waals surface area contributed by atoms with Crippen molar-refractivity contribution in [3.63, 3.8) is 0 Å². The summed E-state index contributed by atoms with van der Waals surface area (Å²) in [7, 11) is 0. The molecule has 1 N–H and O–H groups in total. The summed E-state index contributed by atoms with van der Waals surface area (Å²) in [6.07, 6.45) is 10.9. The van der Waals surface area contributed by atoms with E-state index in [4.69, 9.17) is 4.42 Å². The van der Waals surface area contributed by atoms with Crippen LogP contribution in [0, 0.1) is 0 Å². The fourth-order valence-electron chi connectivity index (χ4n) is 3.89. The maximum atomic E-state index is 13.0. The second kappa shape index (κ2) is 7.41. The molecule has 1 aromatic heterocycles. The van der Waals surface area contributed by atoms with E-state index in [0.29, 0.717) is 19.4 Å². The van der Waals surface area contributed by atoms with E-state index in [1.165, 1.54) is 32.1 Å². The van der Waals surface area contributed by atoms with Gasteiger partial charge in [-0.15, -0.1) is 0 Å². The zero-order valence-corrected chi connectivity index (χ0v) is 14.6. The van der Waals surface area contributed by atoms with Crippen LogP contribution in [0.25, 0.3) is 0 Å². The first-order valence-electron chi connectivity index (χ1n) is 9.23. The molecule has 1 aliphatic heterocycles. The van der Waals surface area contributed by atoms with Gasteiger partial charge in [0.05, 0.1) is 12.8 Å². The Labute approximate surface area is 143 Å². The molecule has 1 saturated carbocycles. The molecule has 1 aliphatic carbocycles. The predicted octanol–water partition coefficient (Wildman–Crippen LogP) is 3.39. The lowest BCUT2D eigenvalue weighted by molar-refractivity contribution is -0.142. The molecule has 1 saturated heterocycles. The van der Waals surface area contributed by atoms with E-state index in [2.05, 4.69) is 5.32 Å². The Hall–Kier alpha value is -1.78. The Morgan fingerprint density at radius 3 is 2.67 bits per heavy atom. The molecule has 5 heteroatoms. The van der Waals surface area contributed by atoms with Crippen molar-refractivity contribution < 1.29 is 14.0 Å². The molecule has 2 fully saturated rings. The molecule has 0 unspecified atom stereocenters. The number of hydrogen-bond donors (Lipinski definition) is 1. The average molecular weight is 332 g/mol. The lowest BCUT2D eigenvalue weighted by Gasteiger charge is -2.35. The third-order valence-corrected chi connectivity index (χ3v) is 5.55. The van der Waals surface area contributed by atoms with Crippen molar-refractivity contribution in [2.24, 2.45) is 0 Å². The first-order chi connectivity index (χ1) is 11.6. The number of carbonyl (C=O) groups excluding carboxylic acids is 2. The highest BCUT2D eigenvalue weighted by molar-refractivity contribution is 5.94. The van der Waals surface area contributed by atoms with Gasteiger partial charge in [-0.1, -0.05) is 32.1 Å². The highest BCUT2D eigenvalue weighted by atomic mass is 16.3. The summed E-state index contributed by atoms with van der Waals surface area (Å²) in [5, 5.41) is 3.24. The standard InChI is InChI=1S/C19H28N2O3/c1-19(18(23)20-15-8-5-3-2-4-6-9-15)12-11-17(22)21(19)14-16-10-7-13-24-16/h7,10,13,15H,2-6,8-9,11-12,14H2,1H3,(H,20,23)/t19-/m1/s1. The van der Waals surface area contributed by atoms with Gasteiger partial charge in [-0.05, 0) is 38.3 Å². The van der Waals surface area contributed by atoms with Crippen LogP contribution in [-0.4, -0.2) is 28.3 Å². The summed E-state index contributed by atoms with van der Waals surface area (Å²) in [5.74, 6) is 0.738. The van der Waals surface area contributed by atoms with Gasteiger partial charge >= 0.3 is 0 Å². The van der Waals surface area contributed by atoms with Gasteiger partial charge in [0.25, 0.3) is 0 Å². The highest BCUT2D eigenvalue weighted by Gasteiger charge is 2.47. The van der Waals surface area contributed by atoms with Gasteiger partial charge in [0.1, 0.15) is 11.3 Å². The van der Waals surface area contributed by atoms with E-state index >= 15 is 0 Å². The first-order valence-corrected chi connectivity index (χ1v) is 9.23. The number of furan rings is 1. The lowest BCUT2D eigenvalue weighted by Crippen LogP contribution is -2.56. The number of rotatable bonds is 4. The lowest BCUT2D eigenvalue weighted by atomic mass is 9.93. The molecule has 24 heavy (non-hydrogen) atoms. The predicted molar refractivity (Wildman–Crippen MR) is 91.1 cm³/mol. The molecule has 0 spiro atoms. The van der Waals surface area contributed by atoms with Gasteiger partial charge in [-0.3, -0.25) is 9.59 Å². The molecule has 0 radical (unpaired) electrons. The van der Waals surface area contributed by atoms with Crippen LogP contribution in [0.5, 0.6) is 0 Å². The second-order valence-corrected chi connectivity index (χ2v) is 7.35. The van der Waals surface area contributed by atoms with Gasteiger partial charge in [-0.25, -0.2) is 0 Å².